The molecule has 0 amide bonds. The molecule has 0 saturated heterocycles. The molecule has 70 valence electrons. The van der Waals surface area contributed by atoms with Crippen LogP contribution in [0.15, 0.2) is 18.2 Å². The highest BCUT2D eigenvalue weighted by Crippen LogP contribution is 2.31. The molecule has 2 unspecified atom stereocenters. The van der Waals surface area contributed by atoms with E-state index in [2.05, 4.69) is 13.0 Å². The maximum absolute atomic E-state index is 9.39. The fourth-order valence-electron chi connectivity index (χ4n) is 1.72. The number of fused-ring (bicyclic) bond motifs is 1. The van der Waals surface area contributed by atoms with E-state index in [1.165, 1.54) is 11.1 Å². The highest BCUT2D eigenvalue weighted by molar-refractivity contribution is 5.43. The molecule has 1 aliphatic heterocycles. The molecule has 0 radical (unpaired) electrons. The molecule has 13 heavy (non-hydrogen) atoms. The smallest absolute Gasteiger partial charge is 0.128 e. The van der Waals surface area contributed by atoms with Crippen LogP contribution < -0.4 is 4.74 Å². The fourth-order valence-corrected chi connectivity index (χ4v) is 1.72. The van der Waals surface area contributed by atoms with Crippen LogP contribution in [-0.2, 0) is 6.42 Å². The average Bonchev–Trinajstić information content (AvgIpc) is 2.49. The monoisotopic (exact) mass is 178 g/mol. The number of benzene rings is 1. The quantitative estimate of drug-likeness (QED) is 0.709. The highest BCUT2D eigenvalue weighted by Gasteiger charge is 2.27. The zero-order chi connectivity index (χ0) is 9.42. The van der Waals surface area contributed by atoms with Crippen LogP contribution in [0, 0.1) is 6.92 Å². The van der Waals surface area contributed by atoms with Crippen LogP contribution in [0.25, 0.3) is 0 Å². The first-order chi connectivity index (χ1) is 6.18. The van der Waals surface area contributed by atoms with Crippen LogP contribution in [-0.4, -0.2) is 17.3 Å². The molecule has 0 bridgehead atoms. The second-order valence-electron chi connectivity index (χ2n) is 3.65. The molecular formula is C11H14O2. The topological polar surface area (TPSA) is 29.5 Å². The number of hydrogen-bond donors (Lipinski definition) is 1. The minimum atomic E-state index is -0.396. The van der Waals surface area contributed by atoms with Crippen molar-refractivity contribution in [2.45, 2.75) is 32.5 Å². The van der Waals surface area contributed by atoms with Gasteiger partial charge in [0.1, 0.15) is 11.9 Å². The van der Waals surface area contributed by atoms with Gasteiger partial charge in [0, 0.05) is 12.0 Å². The summed E-state index contributed by atoms with van der Waals surface area (Å²) < 4.78 is 5.60. The summed E-state index contributed by atoms with van der Waals surface area (Å²) in [5.74, 6) is 0.936. The summed E-state index contributed by atoms with van der Waals surface area (Å²) in [6, 6.07) is 6.02. The zero-order valence-corrected chi connectivity index (χ0v) is 7.95. The van der Waals surface area contributed by atoms with Crippen molar-refractivity contribution in [2.24, 2.45) is 0 Å². The second kappa shape index (κ2) is 3.04. The molecule has 0 fully saturated rings. The minimum Gasteiger partial charge on any atom is -0.487 e. The molecular weight excluding hydrogens is 164 g/mol. The summed E-state index contributed by atoms with van der Waals surface area (Å²) in [5, 5.41) is 9.39. The van der Waals surface area contributed by atoms with E-state index in [1.54, 1.807) is 6.92 Å². The molecule has 0 aliphatic carbocycles. The number of aliphatic hydroxyl groups is 1. The van der Waals surface area contributed by atoms with Crippen LogP contribution in [0.2, 0.25) is 0 Å². The van der Waals surface area contributed by atoms with Gasteiger partial charge in [-0.3, -0.25) is 0 Å². The number of aryl methyl sites for hydroxylation is 1. The van der Waals surface area contributed by atoms with E-state index >= 15 is 0 Å². The summed E-state index contributed by atoms with van der Waals surface area (Å²) in [4.78, 5) is 0. The molecule has 1 heterocycles. The normalized spacial score (nSPS) is 22.2. The van der Waals surface area contributed by atoms with Gasteiger partial charge in [-0.15, -0.1) is 0 Å². The Kier molecular flexibility index (Phi) is 2.00. The third-order valence-corrected chi connectivity index (χ3v) is 2.59. The van der Waals surface area contributed by atoms with E-state index in [9.17, 15) is 5.11 Å². The Labute approximate surface area is 78.2 Å². The summed E-state index contributed by atoms with van der Waals surface area (Å²) >= 11 is 0. The molecule has 2 rings (SSSR count). The Morgan fingerprint density at radius 3 is 2.92 bits per heavy atom. The zero-order valence-electron chi connectivity index (χ0n) is 7.95. The first-order valence-electron chi connectivity index (χ1n) is 4.61. The number of rotatable bonds is 1. The second-order valence-corrected chi connectivity index (χ2v) is 3.65. The standard InChI is InChI=1S/C11H14O2/c1-7-4-3-5-10-9(7)6-11(13-10)8(2)12/h3-5,8,11-12H,6H2,1-2H3. The summed E-state index contributed by atoms with van der Waals surface area (Å²) in [7, 11) is 0. The molecule has 1 aromatic carbocycles. The molecule has 1 aromatic rings. The van der Waals surface area contributed by atoms with Gasteiger partial charge in [-0.1, -0.05) is 12.1 Å². The number of hydrogen-bond acceptors (Lipinski definition) is 2. The maximum Gasteiger partial charge on any atom is 0.128 e. The lowest BCUT2D eigenvalue weighted by atomic mass is 10.0. The van der Waals surface area contributed by atoms with Crippen molar-refractivity contribution in [2.75, 3.05) is 0 Å². The van der Waals surface area contributed by atoms with Crippen molar-refractivity contribution in [3.8, 4) is 5.75 Å². The van der Waals surface area contributed by atoms with Crippen LogP contribution in [0.4, 0.5) is 0 Å². The molecule has 1 aliphatic rings. The predicted octanol–water partition coefficient (Wildman–Crippen LogP) is 1.68. The summed E-state index contributed by atoms with van der Waals surface area (Å²) in [6.07, 6.45) is 0.377. The van der Waals surface area contributed by atoms with Gasteiger partial charge in [-0.05, 0) is 25.5 Å². The molecule has 0 saturated carbocycles. The average molecular weight is 178 g/mol. The van der Waals surface area contributed by atoms with E-state index in [0.29, 0.717) is 0 Å². The molecule has 0 aromatic heterocycles. The van der Waals surface area contributed by atoms with Crippen molar-refractivity contribution in [3.05, 3.63) is 29.3 Å². The van der Waals surface area contributed by atoms with E-state index in [4.69, 9.17) is 4.74 Å². The van der Waals surface area contributed by atoms with Gasteiger partial charge in [0.05, 0.1) is 6.10 Å². The van der Waals surface area contributed by atoms with Gasteiger partial charge in [0.2, 0.25) is 0 Å². The maximum atomic E-state index is 9.39. The first kappa shape index (κ1) is 8.57. The van der Waals surface area contributed by atoms with Crippen LogP contribution >= 0.6 is 0 Å². The number of aliphatic hydroxyl groups excluding tert-OH is 1. The van der Waals surface area contributed by atoms with E-state index in [1.807, 2.05) is 12.1 Å². The minimum absolute atomic E-state index is 0.0592. The highest BCUT2D eigenvalue weighted by atomic mass is 16.5. The molecule has 1 N–H and O–H groups in total. The lowest BCUT2D eigenvalue weighted by Crippen LogP contribution is -2.26. The van der Waals surface area contributed by atoms with Crippen LogP contribution in [0.1, 0.15) is 18.1 Å². The Bertz CT molecular complexity index is 318. The molecule has 0 spiro atoms. The van der Waals surface area contributed by atoms with Crippen LogP contribution in [0.5, 0.6) is 5.75 Å². The van der Waals surface area contributed by atoms with Crippen molar-refractivity contribution in [1.29, 1.82) is 0 Å². The molecule has 2 heteroatoms. The van der Waals surface area contributed by atoms with Crippen molar-refractivity contribution in [3.63, 3.8) is 0 Å². The lowest BCUT2D eigenvalue weighted by molar-refractivity contribution is 0.0632. The lowest BCUT2D eigenvalue weighted by Gasteiger charge is -2.12. The predicted molar refractivity (Wildman–Crippen MR) is 51.0 cm³/mol. The first-order valence-corrected chi connectivity index (χ1v) is 4.61. The summed E-state index contributed by atoms with van der Waals surface area (Å²) in [6.45, 7) is 3.85. The summed E-state index contributed by atoms with van der Waals surface area (Å²) in [5.41, 5.74) is 2.49. The van der Waals surface area contributed by atoms with E-state index in [-0.39, 0.29) is 6.10 Å². The van der Waals surface area contributed by atoms with Gasteiger partial charge >= 0.3 is 0 Å². The third-order valence-electron chi connectivity index (χ3n) is 2.59. The van der Waals surface area contributed by atoms with Gasteiger partial charge in [-0.25, -0.2) is 0 Å². The van der Waals surface area contributed by atoms with Gasteiger partial charge < -0.3 is 9.84 Å². The number of ether oxygens (including phenoxy) is 1. The van der Waals surface area contributed by atoms with Gasteiger partial charge in [-0.2, -0.15) is 0 Å². The fraction of sp³-hybridized carbons (Fsp3) is 0.455. The van der Waals surface area contributed by atoms with E-state index < -0.39 is 6.10 Å². The molecule has 2 atom stereocenters. The Morgan fingerprint density at radius 1 is 1.54 bits per heavy atom. The van der Waals surface area contributed by atoms with Crippen molar-refractivity contribution in [1.82, 2.24) is 0 Å². The van der Waals surface area contributed by atoms with Crippen molar-refractivity contribution < 1.29 is 9.84 Å². The van der Waals surface area contributed by atoms with Crippen molar-refractivity contribution >= 4 is 0 Å². The van der Waals surface area contributed by atoms with Crippen LogP contribution in [0.3, 0.4) is 0 Å². The Morgan fingerprint density at radius 2 is 2.31 bits per heavy atom. The van der Waals surface area contributed by atoms with Gasteiger partial charge in [0.25, 0.3) is 0 Å². The SMILES string of the molecule is Cc1cccc2c1CC(C(C)O)O2. The van der Waals surface area contributed by atoms with E-state index in [0.717, 1.165) is 12.2 Å². The largest absolute Gasteiger partial charge is 0.487 e. The third kappa shape index (κ3) is 1.42. The van der Waals surface area contributed by atoms with Gasteiger partial charge in [0.15, 0.2) is 0 Å². The Hall–Kier alpha value is -1.02. The molecule has 2 nitrogen and oxygen atoms in total. The Balaban J connectivity index is 2.30.